The van der Waals surface area contributed by atoms with Crippen molar-refractivity contribution in [3.05, 3.63) is 449 Å². The van der Waals surface area contributed by atoms with Crippen molar-refractivity contribution < 1.29 is 83.4 Å². The molecule has 4 aromatic heterocycles. The van der Waals surface area contributed by atoms with Gasteiger partial charge in [-0.1, -0.05) is 200 Å². The predicted octanol–water partition coefficient (Wildman–Crippen LogP) is 16.1. The van der Waals surface area contributed by atoms with Crippen LogP contribution >= 0.6 is 0 Å². The first-order chi connectivity index (χ1) is 53.3. The number of aromatic hydroxyl groups is 3. The van der Waals surface area contributed by atoms with E-state index in [0.717, 1.165) is 78.1 Å². The number of anilines is 3. The summed E-state index contributed by atoms with van der Waals surface area (Å²) >= 11 is 0. The standard InChI is InChI=1S/C34H27N3O.C33H27N3OSi.C26H18N4O2.3Pt/c38-32-21-11-10-20-31(32)37-24-23-36(26-37)25-30-19-12-22-33(35-30)34(27-13-4-1-5-14-27,28-15-6-2-7-16-28)29-17-8-3-9-18-29;37-32-21-11-10-20-31(32)36-24-23-35(26-36)25-27-13-12-22-33(34-27)38(28-14-4-1-5-15-28,29-16-6-2-7-17-29)30-18-8-3-9-19-30;31-24-13-6-5-12-23(24)28-16-17-29(18-28)32-26-15-7-14-25(27-26)30-21-10-3-1-8-19(21)20-9-2-4-11-22(20)30;;;/h1-17,19-24,26,38H,25H2;1-18,20-24,26,37H,25H2;1-10,12-18,31H;;;/q3*-2;3*+2. The number of phenolic OH excluding ortho intramolecular Hbond substituents is 3. The Labute approximate surface area is 690 Å². The minimum absolute atomic E-state index is 0. The molecule has 3 N–H and O–H groups in total. The number of hydroxylamine groups is 2. The number of rotatable bonds is 18. The van der Waals surface area contributed by atoms with Gasteiger partial charge in [-0.2, -0.15) is 108 Å². The largest absolute Gasteiger partial charge is 2.00 e. The van der Waals surface area contributed by atoms with Crippen LogP contribution in [0.4, 0.5) is 17.1 Å². The molecule has 0 unspecified atom stereocenters. The summed E-state index contributed by atoms with van der Waals surface area (Å²) in [5.74, 6) is 1.88. The van der Waals surface area contributed by atoms with Gasteiger partial charge in [0.15, 0.2) is 8.07 Å². The van der Waals surface area contributed by atoms with Gasteiger partial charge in [0.1, 0.15) is 23.1 Å². The first kappa shape index (κ1) is 77.3. The Morgan fingerprint density at radius 2 is 0.856 bits per heavy atom. The summed E-state index contributed by atoms with van der Waals surface area (Å²) < 4.78 is 2.09. The van der Waals surface area contributed by atoms with Crippen LogP contribution in [-0.2, 0) is 81.7 Å². The van der Waals surface area contributed by atoms with Gasteiger partial charge in [0.25, 0.3) is 0 Å². The smallest absolute Gasteiger partial charge is 0.506 e. The van der Waals surface area contributed by atoms with Crippen LogP contribution in [-0.4, -0.2) is 57.8 Å². The molecule has 3 aliphatic heterocycles. The summed E-state index contributed by atoms with van der Waals surface area (Å²) in [5.41, 5.74) is 9.71. The van der Waals surface area contributed by atoms with Crippen LogP contribution in [0.5, 0.6) is 23.1 Å². The van der Waals surface area contributed by atoms with E-state index in [2.05, 4.69) is 221 Å². The molecular formula is C93H72N10O4Pt3Si. The molecule has 552 valence electrons. The van der Waals surface area contributed by atoms with E-state index in [1.54, 1.807) is 53.3 Å². The molecule has 0 aliphatic carbocycles. The van der Waals surface area contributed by atoms with Crippen LogP contribution in [0.25, 0.3) is 27.6 Å². The Morgan fingerprint density at radius 3 is 1.42 bits per heavy atom. The van der Waals surface area contributed by atoms with Crippen LogP contribution in [0.15, 0.2) is 377 Å². The van der Waals surface area contributed by atoms with Gasteiger partial charge in [0.2, 0.25) is 5.88 Å². The maximum Gasteiger partial charge on any atom is 2.00 e. The first-order valence-corrected chi connectivity index (χ1v) is 37.5. The zero-order chi connectivity index (χ0) is 73.1. The minimum Gasteiger partial charge on any atom is -0.506 e. The van der Waals surface area contributed by atoms with Crippen LogP contribution in [0.3, 0.4) is 0 Å². The van der Waals surface area contributed by atoms with E-state index in [9.17, 15) is 15.3 Å². The second kappa shape index (κ2) is 35.7. The van der Waals surface area contributed by atoms with Crippen molar-refractivity contribution >= 4 is 67.8 Å². The molecule has 111 heavy (non-hydrogen) atoms. The molecule has 7 heterocycles. The number of fused-ring (bicyclic) bond motifs is 3. The van der Waals surface area contributed by atoms with Crippen molar-refractivity contribution in [1.82, 2.24) is 34.4 Å². The number of phenols is 3. The summed E-state index contributed by atoms with van der Waals surface area (Å²) in [7, 11) is -2.72. The number of pyridine rings is 3. The van der Waals surface area contributed by atoms with Gasteiger partial charge in [0.05, 0.1) is 39.6 Å². The van der Waals surface area contributed by atoms with E-state index in [4.69, 9.17) is 19.8 Å². The third-order valence-electron chi connectivity index (χ3n) is 19.2. The van der Waals surface area contributed by atoms with Crippen molar-refractivity contribution in [2.75, 3.05) is 14.7 Å². The fraction of sp³-hybridized carbons (Fsp3) is 0.0323. The van der Waals surface area contributed by atoms with E-state index in [0.29, 0.717) is 24.7 Å². The van der Waals surface area contributed by atoms with Crippen molar-refractivity contribution in [3.8, 4) is 28.9 Å². The Hall–Kier alpha value is -11.8. The molecule has 0 spiro atoms. The van der Waals surface area contributed by atoms with E-state index in [-0.39, 0.29) is 80.4 Å². The summed E-state index contributed by atoms with van der Waals surface area (Å²) in [5, 5.41) is 39.3. The molecule has 18 heteroatoms. The molecule has 0 fully saturated rings. The molecular weight excluding hydrogens is 1930 g/mol. The zero-order valence-corrected chi connectivity index (χ0v) is 67.4. The van der Waals surface area contributed by atoms with Gasteiger partial charge in [-0.3, -0.25) is 9.97 Å². The zero-order valence-electron chi connectivity index (χ0n) is 59.6. The molecule has 3 aliphatic rings. The quantitative estimate of drug-likeness (QED) is 0.0428. The molecule has 0 bridgehead atoms. The van der Waals surface area contributed by atoms with Crippen LogP contribution < -0.4 is 40.4 Å². The van der Waals surface area contributed by atoms with Crippen molar-refractivity contribution in [2.45, 2.75) is 18.5 Å². The van der Waals surface area contributed by atoms with Crippen LogP contribution in [0.2, 0.25) is 0 Å². The third kappa shape index (κ3) is 16.3. The van der Waals surface area contributed by atoms with Gasteiger partial charge in [-0.25, -0.2) is 0 Å². The third-order valence-corrected chi connectivity index (χ3v) is 23.8. The summed E-state index contributed by atoms with van der Waals surface area (Å²) in [6, 6.07) is 124. The number of para-hydroxylation sites is 8. The SMILES string of the molecule is Oc1ccccc1N1C=CN(Cc2cccc(C(c3[c-]cccc3)(c3ccccc3)c3ccccc3)n2)[CH-]1.Oc1ccccc1N1C=CN(Cc2cccc([Si](c3[c-]cccc3)(c3ccccc3)c3ccccc3)n2)[CH-]1.Oc1ccccc1N1C=CN(Oc2cccc(-n3c4[c-]cccc4c4ccccc43)n2)[CH-]1.[Pt+2].[Pt+2].[Pt+2]. The maximum absolute atomic E-state index is 10.3. The number of aromatic nitrogens is 4. The van der Waals surface area contributed by atoms with Crippen molar-refractivity contribution in [2.24, 2.45) is 0 Å². The van der Waals surface area contributed by atoms with Crippen molar-refractivity contribution in [1.29, 1.82) is 0 Å². The van der Waals surface area contributed by atoms with E-state index >= 15 is 0 Å². The molecule has 14 nitrogen and oxygen atoms in total. The van der Waals surface area contributed by atoms with Gasteiger partial charge < -0.3 is 54.3 Å². The second-order valence-electron chi connectivity index (χ2n) is 25.9. The Morgan fingerprint density at radius 1 is 0.378 bits per heavy atom. The number of benzene rings is 11. The minimum atomic E-state index is -2.72. The monoisotopic (exact) mass is 2010 g/mol. The molecule has 0 amide bonds. The molecule has 0 saturated carbocycles. The average molecular weight is 2010 g/mol. The molecule has 0 radical (unpaired) electrons. The molecule has 15 aromatic rings. The van der Waals surface area contributed by atoms with E-state index in [1.807, 2.05) is 175 Å². The fourth-order valence-corrected chi connectivity index (χ4v) is 18.9. The Bertz CT molecular complexity index is 5200. The fourth-order valence-electron chi connectivity index (χ4n) is 14.4. The summed E-state index contributed by atoms with van der Waals surface area (Å²) in [4.78, 5) is 31.1. The van der Waals surface area contributed by atoms with E-state index in [1.165, 1.54) is 15.6 Å². The van der Waals surface area contributed by atoms with Crippen molar-refractivity contribution in [3.63, 3.8) is 0 Å². The average Bonchev–Trinajstić information content (AvgIpc) is 1.60. The maximum atomic E-state index is 10.3. The second-order valence-corrected chi connectivity index (χ2v) is 29.6. The molecule has 18 rings (SSSR count). The number of hydrogen-bond donors (Lipinski definition) is 3. The Balaban J connectivity index is 0.000000145. The first-order valence-electron chi connectivity index (χ1n) is 35.5. The van der Waals surface area contributed by atoms with E-state index < -0.39 is 13.5 Å². The van der Waals surface area contributed by atoms with Gasteiger partial charge in [-0.05, 0) is 131 Å². The van der Waals surface area contributed by atoms with Gasteiger partial charge in [-0.15, -0.1) is 17.6 Å². The predicted molar refractivity (Wildman–Crippen MR) is 431 cm³/mol. The summed E-state index contributed by atoms with van der Waals surface area (Å²) in [6.07, 6.45) is 11.5. The normalized spacial score (nSPS) is 12.9. The molecule has 11 aromatic carbocycles. The Kier molecular flexibility index (Phi) is 24.9. The topological polar surface area (TPSA) is 133 Å². The van der Waals surface area contributed by atoms with Gasteiger partial charge in [0, 0.05) is 36.2 Å². The number of nitrogens with zero attached hydrogens (tertiary/aromatic N) is 10. The molecule has 0 atom stereocenters. The summed E-state index contributed by atoms with van der Waals surface area (Å²) in [6.45, 7) is 6.88. The molecule has 0 saturated heterocycles. The number of hydrogen-bond acceptors (Lipinski definition) is 13. The van der Waals surface area contributed by atoms with Crippen LogP contribution in [0, 0.1) is 38.2 Å². The van der Waals surface area contributed by atoms with Gasteiger partial charge >= 0.3 is 63.2 Å². The van der Waals surface area contributed by atoms with Crippen LogP contribution in [0.1, 0.15) is 33.8 Å².